The molecule has 2 aromatic rings. The topological polar surface area (TPSA) is 134 Å². The third kappa shape index (κ3) is 11.6. The van der Waals surface area contributed by atoms with Crippen LogP contribution in [0.2, 0.25) is 0 Å². The number of ether oxygens (including phenoxy) is 1. The first kappa shape index (κ1) is 33.2. The van der Waals surface area contributed by atoms with Gasteiger partial charge in [0.05, 0.1) is 13.0 Å². The van der Waals surface area contributed by atoms with Crippen molar-refractivity contribution in [3.05, 3.63) is 47.9 Å². The second kappa shape index (κ2) is 14.4. The highest BCUT2D eigenvalue weighted by Crippen LogP contribution is 2.22. The lowest BCUT2D eigenvalue weighted by Crippen LogP contribution is -2.41. The van der Waals surface area contributed by atoms with Gasteiger partial charge >= 0.3 is 24.3 Å². The summed E-state index contributed by atoms with van der Waals surface area (Å²) in [5.74, 6) is -4.84. The van der Waals surface area contributed by atoms with E-state index in [0.717, 1.165) is 12.1 Å². The summed E-state index contributed by atoms with van der Waals surface area (Å²) in [6, 6.07) is 8.25. The van der Waals surface area contributed by atoms with Crippen LogP contribution in [0.3, 0.4) is 0 Å². The number of aromatic nitrogens is 2. The third-order valence-corrected chi connectivity index (χ3v) is 4.93. The van der Waals surface area contributed by atoms with E-state index in [2.05, 4.69) is 32.0 Å². The molecule has 1 aliphatic rings. The minimum Gasteiger partial charge on any atom is -0.481 e. The van der Waals surface area contributed by atoms with E-state index in [0.29, 0.717) is 25.5 Å². The number of pyridine rings is 1. The van der Waals surface area contributed by atoms with Crippen molar-refractivity contribution in [1.29, 1.82) is 0 Å². The molecule has 3 N–H and O–H groups in total. The van der Waals surface area contributed by atoms with Crippen LogP contribution in [-0.4, -0.2) is 74.6 Å². The van der Waals surface area contributed by atoms with Crippen molar-refractivity contribution in [2.45, 2.75) is 51.9 Å². The first-order valence-corrected chi connectivity index (χ1v) is 11.2. The number of rotatable bonds is 5. The van der Waals surface area contributed by atoms with E-state index in [1.54, 1.807) is 13.3 Å². The number of carboxylic acid groups (broad SMARTS) is 2. The monoisotopic (exact) mass is 570 g/mol. The van der Waals surface area contributed by atoms with Gasteiger partial charge in [0, 0.05) is 55.9 Å². The summed E-state index contributed by atoms with van der Waals surface area (Å²) in [7, 11) is 1.64. The van der Waals surface area contributed by atoms with Gasteiger partial charge in [-0.15, -0.1) is 0 Å². The molecular weight excluding hydrogens is 542 g/mol. The zero-order valence-corrected chi connectivity index (χ0v) is 21.1. The van der Waals surface area contributed by atoms with Crippen LogP contribution in [0.1, 0.15) is 25.1 Å². The van der Waals surface area contributed by atoms with Crippen molar-refractivity contribution < 1.29 is 55.7 Å². The number of alkyl halides is 6. The van der Waals surface area contributed by atoms with Crippen molar-refractivity contribution in [1.82, 2.24) is 19.8 Å². The number of fused-ring (bicyclic) bond motifs is 1. The maximum atomic E-state index is 12.6. The molecule has 0 fully saturated rings. The lowest BCUT2D eigenvalue weighted by Gasteiger charge is -2.24. The van der Waals surface area contributed by atoms with Crippen LogP contribution < -0.4 is 10.1 Å². The highest BCUT2D eigenvalue weighted by Gasteiger charge is 2.39. The van der Waals surface area contributed by atoms with Crippen molar-refractivity contribution in [3.8, 4) is 5.88 Å². The summed E-state index contributed by atoms with van der Waals surface area (Å²) < 4.78 is 71.0. The lowest BCUT2D eigenvalue weighted by molar-refractivity contribution is -0.193. The van der Waals surface area contributed by atoms with Crippen LogP contribution in [0.5, 0.6) is 5.88 Å². The van der Waals surface area contributed by atoms with E-state index in [4.69, 9.17) is 24.5 Å². The minimum atomic E-state index is -5.08. The molecule has 1 aliphatic heterocycles. The molecule has 0 saturated carbocycles. The zero-order chi connectivity index (χ0) is 30.0. The Balaban J connectivity index is 0.000000449. The molecule has 0 aliphatic carbocycles. The summed E-state index contributed by atoms with van der Waals surface area (Å²) in [6.07, 6.45) is -6.38. The molecule has 39 heavy (non-hydrogen) atoms. The maximum absolute atomic E-state index is 12.6. The molecule has 16 heteroatoms. The summed E-state index contributed by atoms with van der Waals surface area (Å²) in [5, 5.41) is 17.3. The Morgan fingerprint density at radius 2 is 1.62 bits per heavy atom. The average Bonchev–Trinajstić information content (AvgIpc) is 3.16. The quantitative estimate of drug-likeness (QED) is 0.467. The molecule has 0 aromatic carbocycles. The summed E-state index contributed by atoms with van der Waals surface area (Å²) in [5.41, 5.74) is 2.26. The number of hydrogen-bond acceptors (Lipinski definition) is 6. The Morgan fingerprint density at radius 3 is 2.10 bits per heavy atom. The Morgan fingerprint density at radius 1 is 1.05 bits per heavy atom. The molecule has 1 amide bonds. The molecule has 218 valence electrons. The first-order valence-electron chi connectivity index (χ1n) is 11.2. The van der Waals surface area contributed by atoms with E-state index < -0.39 is 24.3 Å². The van der Waals surface area contributed by atoms with Gasteiger partial charge in [-0.05, 0) is 32.0 Å². The predicted octanol–water partition coefficient (Wildman–Crippen LogP) is 3.31. The number of halogens is 6. The van der Waals surface area contributed by atoms with Gasteiger partial charge in [-0.1, -0.05) is 6.07 Å². The molecular formula is C23H28F6N4O6. The smallest absolute Gasteiger partial charge is 0.481 e. The van der Waals surface area contributed by atoms with E-state index in [1.165, 1.54) is 5.69 Å². The Bertz CT molecular complexity index is 1080. The van der Waals surface area contributed by atoms with Gasteiger partial charge in [0.25, 0.3) is 0 Å². The largest absolute Gasteiger partial charge is 0.490 e. The fourth-order valence-electron chi connectivity index (χ4n) is 3.33. The molecule has 0 bridgehead atoms. The van der Waals surface area contributed by atoms with Crippen molar-refractivity contribution >= 4 is 17.8 Å². The summed E-state index contributed by atoms with van der Waals surface area (Å²) in [4.78, 5) is 37.0. The van der Waals surface area contributed by atoms with Gasteiger partial charge in [-0.2, -0.15) is 26.3 Å². The van der Waals surface area contributed by atoms with E-state index in [1.807, 2.05) is 32.0 Å². The fraction of sp³-hybridized carbons (Fsp3) is 0.478. The first-order chi connectivity index (χ1) is 17.9. The number of nitrogens with zero attached hydrogens (tertiary/aromatic N) is 3. The van der Waals surface area contributed by atoms with Gasteiger partial charge in [-0.3, -0.25) is 9.69 Å². The van der Waals surface area contributed by atoms with Crippen LogP contribution in [0.4, 0.5) is 26.3 Å². The Kier molecular flexibility index (Phi) is 12.2. The second-order valence-corrected chi connectivity index (χ2v) is 8.46. The molecule has 0 spiro atoms. The number of methoxy groups -OCH3 is 1. The van der Waals surface area contributed by atoms with Gasteiger partial charge in [-0.25, -0.2) is 14.6 Å². The fourth-order valence-corrected chi connectivity index (χ4v) is 3.33. The minimum absolute atomic E-state index is 0.0845. The lowest BCUT2D eigenvalue weighted by atomic mass is 10.1. The Labute approximate surface area is 219 Å². The van der Waals surface area contributed by atoms with Crippen LogP contribution in [0.25, 0.3) is 0 Å². The normalized spacial score (nSPS) is 15.5. The van der Waals surface area contributed by atoms with Gasteiger partial charge in [0.2, 0.25) is 11.8 Å². The number of amides is 1. The van der Waals surface area contributed by atoms with E-state index in [9.17, 15) is 31.1 Å². The van der Waals surface area contributed by atoms with Crippen LogP contribution in [0, 0.1) is 5.92 Å². The molecule has 0 saturated heterocycles. The van der Waals surface area contributed by atoms with Crippen molar-refractivity contribution in [2.75, 3.05) is 13.7 Å². The summed E-state index contributed by atoms with van der Waals surface area (Å²) >= 11 is 0. The van der Waals surface area contributed by atoms with Crippen LogP contribution in [-0.2, 0) is 34.0 Å². The van der Waals surface area contributed by atoms with Gasteiger partial charge < -0.3 is 24.8 Å². The molecule has 10 nitrogen and oxygen atoms in total. The van der Waals surface area contributed by atoms with Crippen molar-refractivity contribution in [3.63, 3.8) is 0 Å². The van der Waals surface area contributed by atoms with Crippen LogP contribution in [0.15, 0.2) is 36.7 Å². The van der Waals surface area contributed by atoms with Crippen LogP contribution >= 0.6 is 0 Å². The van der Waals surface area contributed by atoms with Crippen molar-refractivity contribution in [2.24, 2.45) is 5.92 Å². The number of carbonyl (C=O) groups is 3. The number of nitrogens with one attached hydrogen (secondary N) is 1. The Hall–Kier alpha value is -3.82. The van der Waals surface area contributed by atoms with E-state index in [-0.39, 0.29) is 17.9 Å². The second-order valence-electron chi connectivity index (χ2n) is 8.46. The number of aliphatic carboxylic acids is 2. The van der Waals surface area contributed by atoms with Gasteiger partial charge in [0.15, 0.2) is 0 Å². The molecule has 1 atom stereocenters. The average molecular weight is 570 g/mol. The third-order valence-electron chi connectivity index (χ3n) is 4.93. The van der Waals surface area contributed by atoms with E-state index >= 15 is 0 Å². The zero-order valence-electron chi connectivity index (χ0n) is 21.1. The standard InChI is InChI=1S/C19H26N4O2.2C2HF3O2/c1-14(2)21-18(24)16-11-22(13-17-7-5-9-23(17)12-16)10-15-6-4-8-20-19(15)25-3;2*3-2(4,5)1(6)7/h4-9,14,16H,10-13H2,1-3H3,(H,21,24);2*(H,6,7). The molecule has 0 radical (unpaired) electrons. The number of hydrogen-bond donors (Lipinski definition) is 3. The molecule has 3 heterocycles. The highest BCUT2D eigenvalue weighted by atomic mass is 19.4. The molecule has 2 aromatic heterocycles. The number of carboxylic acids is 2. The SMILES string of the molecule is COc1ncccc1CN1Cc2cccn2CC(C(=O)NC(C)C)C1.O=C(O)C(F)(F)F.O=C(O)C(F)(F)F. The predicted molar refractivity (Wildman–Crippen MR) is 123 cm³/mol. The molecule has 1 unspecified atom stereocenters. The van der Waals surface area contributed by atoms with Gasteiger partial charge in [0.1, 0.15) is 0 Å². The number of carbonyl (C=O) groups excluding carboxylic acids is 1. The maximum Gasteiger partial charge on any atom is 0.490 e. The summed E-state index contributed by atoms with van der Waals surface area (Å²) in [6.45, 7) is 6.91. The highest BCUT2D eigenvalue weighted by molar-refractivity contribution is 5.79. The molecule has 3 rings (SSSR count).